The Balaban J connectivity index is 1.72. The van der Waals surface area contributed by atoms with Crippen molar-refractivity contribution in [3.05, 3.63) is 95.8 Å². The largest absolute Gasteiger partial charge is 0.435 e. The molecule has 4 nitrogen and oxygen atoms in total. The summed E-state index contributed by atoms with van der Waals surface area (Å²) in [4.78, 5) is 12.3. The third-order valence-electron chi connectivity index (χ3n) is 4.27. The van der Waals surface area contributed by atoms with E-state index in [9.17, 15) is 18.0 Å². The molecule has 1 atom stereocenters. The second-order valence-electron chi connectivity index (χ2n) is 6.33. The lowest BCUT2D eigenvalue weighted by molar-refractivity contribution is -0.676. The molecule has 0 bridgehead atoms. The predicted molar refractivity (Wildman–Crippen MR) is 103 cm³/mol. The molecule has 0 spiro atoms. The van der Waals surface area contributed by atoms with E-state index in [1.165, 1.54) is 30.3 Å². The lowest BCUT2D eigenvalue weighted by atomic mass is 9.98. The van der Waals surface area contributed by atoms with Gasteiger partial charge in [-0.25, -0.2) is 4.39 Å². The van der Waals surface area contributed by atoms with Gasteiger partial charge in [0.1, 0.15) is 17.6 Å². The molecule has 0 heterocycles. The molecule has 3 N–H and O–H groups in total. The Morgan fingerprint density at radius 2 is 1.62 bits per heavy atom. The average Bonchev–Trinajstić information content (AvgIpc) is 2.70. The first-order valence-electron chi connectivity index (χ1n) is 9.00. The summed E-state index contributed by atoms with van der Waals surface area (Å²) in [5, 5.41) is 4.48. The van der Waals surface area contributed by atoms with Crippen molar-refractivity contribution in [2.45, 2.75) is 12.7 Å². The molecule has 0 saturated carbocycles. The number of carbonyl (C=O) groups excluding carboxylic acids is 1. The third kappa shape index (κ3) is 6.08. The third-order valence-corrected chi connectivity index (χ3v) is 4.27. The molecule has 0 saturated heterocycles. The van der Waals surface area contributed by atoms with E-state index in [-0.39, 0.29) is 24.2 Å². The quantitative estimate of drug-likeness (QED) is 0.605. The molecule has 1 amide bonds. The topological polar surface area (TPSA) is 54.9 Å². The summed E-state index contributed by atoms with van der Waals surface area (Å²) in [7, 11) is 0. The Kier molecular flexibility index (Phi) is 6.86. The molecular formula is C22H20F3N2O2+. The van der Waals surface area contributed by atoms with Crippen molar-refractivity contribution in [2.24, 2.45) is 0 Å². The molecule has 0 fully saturated rings. The van der Waals surface area contributed by atoms with E-state index in [1.54, 1.807) is 18.2 Å². The number of halogens is 3. The number of alkyl halides is 2. The maximum absolute atomic E-state index is 13.3. The van der Waals surface area contributed by atoms with Crippen molar-refractivity contribution in [2.75, 3.05) is 11.9 Å². The van der Waals surface area contributed by atoms with Gasteiger partial charge in [-0.05, 0) is 42.5 Å². The van der Waals surface area contributed by atoms with Gasteiger partial charge in [-0.3, -0.25) is 4.79 Å². The molecular weight excluding hydrogens is 381 g/mol. The fourth-order valence-electron chi connectivity index (χ4n) is 2.98. The SMILES string of the molecule is O=C(C[NH2+][C@@H](c1ccccc1)c1ccc(OC(F)F)cc1)Nc1cccc(F)c1. The van der Waals surface area contributed by atoms with Crippen molar-refractivity contribution < 1.29 is 28.0 Å². The van der Waals surface area contributed by atoms with E-state index in [2.05, 4.69) is 10.1 Å². The van der Waals surface area contributed by atoms with Gasteiger partial charge in [-0.1, -0.05) is 36.4 Å². The number of nitrogens with two attached hydrogens (primary N) is 1. The van der Waals surface area contributed by atoms with Crippen LogP contribution in [-0.4, -0.2) is 19.1 Å². The van der Waals surface area contributed by atoms with E-state index >= 15 is 0 Å². The van der Waals surface area contributed by atoms with E-state index in [4.69, 9.17) is 0 Å². The number of hydrogen-bond donors (Lipinski definition) is 2. The summed E-state index contributed by atoms with van der Waals surface area (Å²) in [6, 6.07) is 21.3. The number of carbonyl (C=O) groups is 1. The highest BCUT2D eigenvalue weighted by Crippen LogP contribution is 2.22. The summed E-state index contributed by atoms with van der Waals surface area (Å²) >= 11 is 0. The zero-order chi connectivity index (χ0) is 20.6. The normalized spacial score (nSPS) is 11.9. The van der Waals surface area contributed by atoms with Crippen LogP contribution in [0.2, 0.25) is 0 Å². The number of anilines is 1. The first-order valence-corrected chi connectivity index (χ1v) is 9.00. The van der Waals surface area contributed by atoms with Crippen molar-refractivity contribution >= 4 is 11.6 Å². The summed E-state index contributed by atoms with van der Waals surface area (Å²) < 4.78 is 42.4. The predicted octanol–water partition coefficient (Wildman–Crippen LogP) is 3.72. The van der Waals surface area contributed by atoms with Gasteiger partial charge >= 0.3 is 6.61 Å². The van der Waals surface area contributed by atoms with Gasteiger partial charge in [0.05, 0.1) is 0 Å². The number of quaternary nitrogens is 1. The molecule has 0 aromatic heterocycles. The van der Waals surface area contributed by atoms with Gasteiger partial charge in [-0.15, -0.1) is 0 Å². The van der Waals surface area contributed by atoms with Crippen LogP contribution in [0.15, 0.2) is 78.9 Å². The van der Waals surface area contributed by atoms with Crippen LogP contribution in [0.25, 0.3) is 0 Å². The standard InChI is InChI=1S/C22H19F3N2O2/c23-17-7-4-8-18(13-17)27-20(28)14-26-21(15-5-2-1-3-6-15)16-9-11-19(12-10-16)29-22(24)25/h1-13,21-22,26H,14H2,(H,27,28)/p+1/t21-/m0/s1. The van der Waals surface area contributed by atoms with Crippen LogP contribution in [0, 0.1) is 5.82 Å². The fourth-order valence-corrected chi connectivity index (χ4v) is 2.98. The zero-order valence-electron chi connectivity index (χ0n) is 15.4. The van der Waals surface area contributed by atoms with Crippen LogP contribution in [-0.2, 0) is 4.79 Å². The first-order chi connectivity index (χ1) is 14.0. The van der Waals surface area contributed by atoms with Crippen LogP contribution in [0.5, 0.6) is 5.75 Å². The monoisotopic (exact) mass is 401 g/mol. The highest BCUT2D eigenvalue weighted by Gasteiger charge is 2.19. The maximum Gasteiger partial charge on any atom is 0.387 e. The zero-order valence-corrected chi connectivity index (χ0v) is 15.4. The number of rotatable bonds is 8. The molecule has 0 radical (unpaired) electrons. The highest BCUT2D eigenvalue weighted by atomic mass is 19.3. The van der Waals surface area contributed by atoms with Crippen molar-refractivity contribution in [1.29, 1.82) is 0 Å². The molecule has 0 unspecified atom stereocenters. The molecule has 0 aliphatic carbocycles. The van der Waals surface area contributed by atoms with Crippen LogP contribution in [0.3, 0.4) is 0 Å². The Morgan fingerprint density at radius 3 is 2.28 bits per heavy atom. The Hall–Kier alpha value is -3.32. The Labute approximate surface area is 166 Å². The van der Waals surface area contributed by atoms with E-state index in [1.807, 2.05) is 35.6 Å². The van der Waals surface area contributed by atoms with E-state index in [0.29, 0.717) is 5.69 Å². The lowest BCUT2D eigenvalue weighted by Crippen LogP contribution is -2.87. The molecule has 3 aromatic rings. The average molecular weight is 401 g/mol. The van der Waals surface area contributed by atoms with Crippen LogP contribution in [0.4, 0.5) is 18.9 Å². The smallest absolute Gasteiger partial charge is 0.387 e. The number of hydrogen-bond acceptors (Lipinski definition) is 2. The molecule has 7 heteroatoms. The Morgan fingerprint density at radius 1 is 0.931 bits per heavy atom. The number of benzene rings is 3. The number of amides is 1. The molecule has 3 aromatic carbocycles. The van der Waals surface area contributed by atoms with E-state index in [0.717, 1.165) is 11.1 Å². The van der Waals surface area contributed by atoms with Crippen molar-refractivity contribution in [3.8, 4) is 5.75 Å². The second-order valence-corrected chi connectivity index (χ2v) is 6.33. The summed E-state index contributed by atoms with van der Waals surface area (Å²) in [6.07, 6.45) is 0. The van der Waals surface area contributed by atoms with Gasteiger partial charge in [0.2, 0.25) is 0 Å². The highest BCUT2D eigenvalue weighted by molar-refractivity contribution is 5.91. The molecule has 150 valence electrons. The van der Waals surface area contributed by atoms with Crippen LogP contribution >= 0.6 is 0 Å². The summed E-state index contributed by atoms with van der Waals surface area (Å²) in [5.74, 6) is -0.645. The van der Waals surface area contributed by atoms with Crippen molar-refractivity contribution in [1.82, 2.24) is 0 Å². The molecule has 0 aliphatic heterocycles. The van der Waals surface area contributed by atoms with Gasteiger partial charge in [-0.2, -0.15) is 8.78 Å². The van der Waals surface area contributed by atoms with Gasteiger partial charge in [0.15, 0.2) is 6.54 Å². The fraction of sp³-hybridized carbons (Fsp3) is 0.136. The van der Waals surface area contributed by atoms with Gasteiger partial charge in [0.25, 0.3) is 5.91 Å². The molecule has 29 heavy (non-hydrogen) atoms. The summed E-state index contributed by atoms with van der Waals surface area (Å²) in [6.45, 7) is -2.80. The minimum Gasteiger partial charge on any atom is -0.435 e. The number of nitrogens with one attached hydrogen (secondary N) is 1. The second kappa shape index (κ2) is 9.75. The first kappa shape index (κ1) is 20.4. The van der Waals surface area contributed by atoms with Gasteiger partial charge in [0, 0.05) is 16.8 Å². The number of ether oxygens (including phenoxy) is 1. The lowest BCUT2D eigenvalue weighted by Gasteiger charge is -2.17. The minimum absolute atomic E-state index is 0.0689. The minimum atomic E-state index is -2.89. The van der Waals surface area contributed by atoms with E-state index < -0.39 is 12.4 Å². The molecule has 0 aliphatic rings. The maximum atomic E-state index is 13.3. The van der Waals surface area contributed by atoms with Crippen LogP contribution in [0.1, 0.15) is 17.2 Å². The van der Waals surface area contributed by atoms with Crippen molar-refractivity contribution in [3.63, 3.8) is 0 Å². The molecule has 3 rings (SSSR count). The van der Waals surface area contributed by atoms with Crippen LogP contribution < -0.4 is 15.4 Å². The van der Waals surface area contributed by atoms with Gasteiger partial charge < -0.3 is 15.4 Å². The summed E-state index contributed by atoms with van der Waals surface area (Å²) in [5.41, 5.74) is 2.16. The Bertz CT molecular complexity index is 934.